The van der Waals surface area contributed by atoms with Gasteiger partial charge in [-0.3, -0.25) is 19.6 Å². The average molecular weight is 411 g/mol. The molecule has 3 rings (SSSR count). The molecule has 0 bridgehead atoms. The molecule has 0 atom stereocenters. The van der Waals surface area contributed by atoms with E-state index in [2.05, 4.69) is 10.0 Å². The minimum Gasteiger partial charge on any atom is -0.322 e. The van der Waals surface area contributed by atoms with Crippen LogP contribution in [0, 0.1) is 17.0 Å². The number of sulfonamides is 1. The van der Waals surface area contributed by atoms with E-state index in [1.165, 1.54) is 48.5 Å². The molecule has 0 aliphatic rings. The molecule has 2 N–H and O–H groups in total. The second kappa shape index (κ2) is 8.11. The number of carbonyl (C=O) groups is 1. The number of benzene rings is 3. The van der Waals surface area contributed by atoms with Gasteiger partial charge in [0.25, 0.3) is 21.6 Å². The summed E-state index contributed by atoms with van der Waals surface area (Å²) in [5.74, 6) is -0.539. The van der Waals surface area contributed by atoms with Gasteiger partial charge in [0.05, 0.1) is 15.5 Å². The van der Waals surface area contributed by atoms with Gasteiger partial charge in [0.1, 0.15) is 0 Å². The molecule has 0 fully saturated rings. The number of aryl methyl sites for hydroxylation is 1. The maximum absolute atomic E-state index is 12.5. The fraction of sp³-hybridized carbons (Fsp3) is 0.0500. The number of nitro benzene ring substituents is 1. The van der Waals surface area contributed by atoms with E-state index < -0.39 is 20.9 Å². The summed E-state index contributed by atoms with van der Waals surface area (Å²) in [6, 6.07) is 18.0. The van der Waals surface area contributed by atoms with Crippen molar-refractivity contribution in [1.29, 1.82) is 0 Å². The van der Waals surface area contributed by atoms with Crippen LogP contribution < -0.4 is 10.0 Å². The Labute approximate surface area is 167 Å². The van der Waals surface area contributed by atoms with E-state index in [1.54, 1.807) is 25.1 Å². The molecule has 3 aromatic carbocycles. The smallest absolute Gasteiger partial charge is 0.270 e. The molecule has 0 aliphatic carbocycles. The SMILES string of the molecule is Cc1ccccc1NS(=O)(=O)c1ccc(NC(=O)c2cccc([N+](=O)[O-])c2)cc1. The van der Waals surface area contributed by atoms with E-state index in [0.717, 1.165) is 5.56 Å². The number of non-ortho nitro benzene ring substituents is 1. The quantitative estimate of drug-likeness (QED) is 0.470. The summed E-state index contributed by atoms with van der Waals surface area (Å²) in [7, 11) is -3.79. The molecule has 148 valence electrons. The van der Waals surface area contributed by atoms with Crippen molar-refractivity contribution in [3.05, 3.63) is 94.0 Å². The minimum atomic E-state index is -3.79. The third kappa shape index (κ3) is 4.77. The fourth-order valence-corrected chi connectivity index (χ4v) is 3.70. The molecule has 0 aromatic heterocycles. The van der Waals surface area contributed by atoms with Crippen LogP contribution in [0.1, 0.15) is 15.9 Å². The number of carbonyl (C=O) groups excluding carboxylic acids is 1. The zero-order chi connectivity index (χ0) is 21.0. The summed E-state index contributed by atoms with van der Waals surface area (Å²) in [6.45, 7) is 1.80. The Hall–Kier alpha value is -3.72. The molecule has 0 unspecified atom stereocenters. The summed E-state index contributed by atoms with van der Waals surface area (Å²) in [4.78, 5) is 22.6. The molecule has 9 heteroatoms. The molecule has 3 aromatic rings. The predicted octanol–water partition coefficient (Wildman–Crippen LogP) is 3.96. The Morgan fingerprint density at radius 1 is 0.966 bits per heavy atom. The number of anilines is 2. The normalized spacial score (nSPS) is 10.9. The molecular weight excluding hydrogens is 394 g/mol. The topological polar surface area (TPSA) is 118 Å². The number of nitrogens with zero attached hydrogens (tertiary/aromatic N) is 1. The van der Waals surface area contributed by atoms with Crippen LogP contribution >= 0.6 is 0 Å². The highest BCUT2D eigenvalue weighted by atomic mass is 32.2. The summed E-state index contributed by atoms with van der Waals surface area (Å²) in [6.07, 6.45) is 0. The Kier molecular flexibility index (Phi) is 5.60. The van der Waals surface area contributed by atoms with Crippen LogP contribution in [0.25, 0.3) is 0 Å². The lowest BCUT2D eigenvalue weighted by Gasteiger charge is -2.11. The van der Waals surface area contributed by atoms with Crippen molar-refractivity contribution in [1.82, 2.24) is 0 Å². The van der Waals surface area contributed by atoms with Gasteiger partial charge in [0.2, 0.25) is 0 Å². The van der Waals surface area contributed by atoms with Crippen LogP contribution in [0.2, 0.25) is 0 Å². The first-order chi connectivity index (χ1) is 13.8. The molecular formula is C20H17N3O5S. The Bertz CT molecular complexity index is 1170. The highest BCUT2D eigenvalue weighted by molar-refractivity contribution is 7.92. The van der Waals surface area contributed by atoms with Gasteiger partial charge in [-0.05, 0) is 48.9 Å². The zero-order valence-electron chi connectivity index (χ0n) is 15.3. The zero-order valence-corrected chi connectivity index (χ0v) is 16.1. The summed E-state index contributed by atoms with van der Waals surface area (Å²) in [5.41, 5.74) is 1.56. The van der Waals surface area contributed by atoms with Gasteiger partial charge in [0.15, 0.2) is 0 Å². The maximum atomic E-state index is 12.5. The number of hydrogen-bond acceptors (Lipinski definition) is 5. The van der Waals surface area contributed by atoms with E-state index in [-0.39, 0.29) is 16.1 Å². The van der Waals surface area contributed by atoms with E-state index in [1.807, 2.05) is 6.07 Å². The first-order valence-corrected chi connectivity index (χ1v) is 9.99. The number of nitrogens with one attached hydrogen (secondary N) is 2. The lowest BCUT2D eigenvalue weighted by Crippen LogP contribution is -2.14. The highest BCUT2D eigenvalue weighted by Crippen LogP contribution is 2.21. The predicted molar refractivity (Wildman–Crippen MR) is 109 cm³/mol. The van der Waals surface area contributed by atoms with Crippen molar-refractivity contribution in [2.45, 2.75) is 11.8 Å². The number of para-hydroxylation sites is 1. The molecule has 1 amide bonds. The van der Waals surface area contributed by atoms with Gasteiger partial charge in [-0.2, -0.15) is 0 Å². The van der Waals surface area contributed by atoms with Crippen molar-refractivity contribution in [2.75, 3.05) is 10.0 Å². The molecule has 0 saturated heterocycles. The molecule has 0 radical (unpaired) electrons. The van der Waals surface area contributed by atoms with Crippen LogP contribution in [0.5, 0.6) is 0 Å². The Morgan fingerprint density at radius 2 is 1.66 bits per heavy atom. The standard InChI is InChI=1S/C20H17N3O5S/c1-14-5-2-3-8-19(14)22-29(27,28)18-11-9-16(10-12-18)21-20(24)15-6-4-7-17(13-15)23(25)26/h2-13,22H,1H3,(H,21,24). The molecule has 8 nitrogen and oxygen atoms in total. The third-order valence-corrected chi connectivity index (χ3v) is 5.51. The number of nitro groups is 1. The lowest BCUT2D eigenvalue weighted by molar-refractivity contribution is -0.384. The fourth-order valence-electron chi connectivity index (χ4n) is 2.57. The average Bonchev–Trinajstić information content (AvgIpc) is 2.70. The first kappa shape index (κ1) is 20.0. The largest absolute Gasteiger partial charge is 0.322 e. The second-order valence-corrected chi connectivity index (χ2v) is 7.89. The maximum Gasteiger partial charge on any atom is 0.270 e. The van der Waals surface area contributed by atoms with Gasteiger partial charge in [-0.1, -0.05) is 24.3 Å². The van der Waals surface area contributed by atoms with E-state index >= 15 is 0 Å². The van der Waals surface area contributed by atoms with Gasteiger partial charge in [-0.25, -0.2) is 8.42 Å². The van der Waals surface area contributed by atoms with E-state index in [0.29, 0.717) is 11.4 Å². The lowest BCUT2D eigenvalue weighted by atomic mass is 10.2. The Morgan fingerprint density at radius 3 is 2.31 bits per heavy atom. The van der Waals surface area contributed by atoms with Crippen LogP contribution in [0.3, 0.4) is 0 Å². The van der Waals surface area contributed by atoms with Crippen molar-refractivity contribution in [3.63, 3.8) is 0 Å². The van der Waals surface area contributed by atoms with Crippen LogP contribution in [-0.4, -0.2) is 19.2 Å². The number of amides is 1. The van der Waals surface area contributed by atoms with Crippen molar-refractivity contribution in [3.8, 4) is 0 Å². The van der Waals surface area contributed by atoms with E-state index in [9.17, 15) is 23.3 Å². The van der Waals surface area contributed by atoms with Gasteiger partial charge < -0.3 is 5.32 Å². The van der Waals surface area contributed by atoms with E-state index in [4.69, 9.17) is 0 Å². The van der Waals surface area contributed by atoms with Crippen LogP contribution in [0.4, 0.5) is 17.1 Å². The van der Waals surface area contributed by atoms with Crippen molar-refractivity contribution in [2.24, 2.45) is 0 Å². The third-order valence-electron chi connectivity index (χ3n) is 4.13. The first-order valence-electron chi connectivity index (χ1n) is 8.50. The Balaban J connectivity index is 1.74. The van der Waals surface area contributed by atoms with Crippen LogP contribution in [-0.2, 0) is 10.0 Å². The van der Waals surface area contributed by atoms with Crippen LogP contribution in [0.15, 0.2) is 77.7 Å². The highest BCUT2D eigenvalue weighted by Gasteiger charge is 2.16. The summed E-state index contributed by atoms with van der Waals surface area (Å²) in [5, 5.41) is 13.4. The number of hydrogen-bond donors (Lipinski definition) is 2. The monoisotopic (exact) mass is 411 g/mol. The van der Waals surface area contributed by atoms with Crippen molar-refractivity contribution >= 4 is 33.0 Å². The molecule has 29 heavy (non-hydrogen) atoms. The van der Waals surface area contributed by atoms with Gasteiger partial charge in [0, 0.05) is 23.4 Å². The minimum absolute atomic E-state index is 0.0362. The number of rotatable bonds is 6. The van der Waals surface area contributed by atoms with Crippen molar-refractivity contribution < 1.29 is 18.1 Å². The summed E-state index contributed by atoms with van der Waals surface area (Å²) < 4.78 is 27.6. The van der Waals surface area contributed by atoms with Gasteiger partial charge in [-0.15, -0.1) is 0 Å². The molecule has 0 spiro atoms. The molecule has 0 saturated carbocycles. The molecule has 0 aliphatic heterocycles. The summed E-state index contributed by atoms with van der Waals surface area (Å²) >= 11 is 0. The second-order valence-electron chi connectivity index (χ2n) is 6.21. The van der Waals surface area contributed by atoms with Gasteiger partial charge >= 0.3 is 0 Å². The molecule has 0 heterocycles.